The second kappa shape index (κ2) is 11.1. The zero-order valence-corrected chi connectivity index (χ0v) is 13.7. The number of benzene rings is 1. The highest BCUT2D eigenvalue weighted by Gasteiger charge is 2.08. The Labute approximate surface area is 136 Å². The molecule has 0 aliphatic rings. The normalized spacial score (nSPS) is 10.3. The van der Waals surface area contributed by atoms with Gasteiger partial charge in [-0.25, -0.2) is 0 Å². The Morgan fingerprint density at radius 3 is 2.55 bits per heavy atom. The number of hydrogen-bond donors (Lipinski definition) is 0. The first-order chi connectivity index (χ1) is 10.6. The maximum absolute atomic E-state index is 11.6. The van der Waals surface area contributed by atoms with E-state index in [0.717, 1.165) is 25.7 Å². The Morgan fingerprint density at radius 1 is 1.05 bits per heavy atom. The minimum absolute atomic E-state index is 0.178. The molecule has 0 heterocycles. The van der Waals surface area contributed by atoms with Crippen molar-refractivity contribution < 1.29 is 19.1 Å². The van der Waals surface area contributed by atoms with E-state index in [2.05, 4.69) is 6.92 Å². The molecule has 0 bridgehead atoms. The highest BCUT2D eigenvalue weighted by atomic mass is 35.5. The minimum Gasteiger partial charge on any atom is -0.466 e. The molecule has 0 aliphatic carbocycles. The lowest BCUT2D eigenvalue weighted by Crippen LogP contribution is -2.10. The van der Waals surface area contributed by atoms with Gasteiger partial charge < -0.3 is 9.47 Å². The van der Waals surface area contributed by atoms with Gasteiger partial charge in [-0.2, -0.15) is 0 Å². The molecule has 0 atom stereocenters. The molecule has 0 saturated carbocycles. The van der Waals surface area contributed by atoms with Crippen LogP contribution < -0.4 is 4.74 Å². The van der Waals surface area contributed by atoms with Gasteiger partial charge in [0.05, 0.1) is 6.61 Å². The summed E-state index contributed by atoms with van der Waals surface area (Å²) in [6.45, 7) is 2.60. The lowest BCUT2D eigenvalue weighted by molar-refractivity contribution is -0.144. The topological polar surface area (TPSA) is 52.6 Å². The van der Waals surface area contributed by atoms with E-state index >= 15 is 0 Å². The van der Waals surface area contributed by atoms with Crippen LogP contribution in [0.1, 0.15) is 51.9 Å². The van der Waals surface area contributed by atoms with E-state index in [1.54, 1.807) is 24.3 Å². The van der Waals surface area contributed by atoms with E-state index < -0.39 is 0 Å². The molecule has 0 saturated heterocycles. The van der Waals surface area contributed by atoms with Gasteiger partial charge in [-0.1, -0.05) is 43.9 Å². The van der Waals surface area contributed by atoms with Crippen molar-refractivity contribution in [3.05, 3.63) is 29.3 Å². The van der Waals surface area contributed by atoms with Gasteiger partial charge >= 0.3 is 11.9 Å². The summed E-state index contributed by atoms with van der Waals surface area (Å²) in [6.07, 6.45) is 5.13. The number of esters is 2. The fourth-order valence-electron chi connectivity index (χ4n) is 1.88. The average Bonchev–Trinajstić information content (AvgIpc) is 2.47. The van der Waals surface area contributed by atoms with Gasteiger partial charge in [-0.05, 0) is 31.0 Å². The second-order valence-electron chi connectivity index (χ2n) is 5.07. The van der Waals surface area contributed by atoms with E-state index in [9.17, 15) is 9.59 Å². The standard InChI is InChI=1S/C17H23ClO4/c1-2-3-4-5-12-21-16(19)10-7-11-17(20)22-15-9-6-8-14(18)13-15/h6,8-9,13H,2-5,7,10-12H2,1H3. The molecule has 0 unspecified atom stereocenters. The largest absolute Gasteiger partial charge is 0.466 e. The Hall–Kier alpha value is -1.55. The summed E-state index contributed by atoms with van der Waals surface area (Å²) in [5.74, 6) is -0.221. The van der Waals surface area contributed by atoms with Crippen molar-refractivity contribution in [2.45, 2.75) is 51.9 Å². The quantitative estimate of drug-likeness (QED) is 0.360. The van der Waals surface area contributed by atoms with E-state index in [0.29, 0.717) is 23.8 Å². The summed E-state index contributed by atoms with van der Waals surface area (Å²) in [5, 5.41) is 0.511. The second-order valence-corrected chi connectivity index (χ2v) is 5.50. The van der Waals surface area contributed by atoms with Crippen molar-refractivity contribution in [1.82, 2.24) is 0 Å². The van der Waals surface area contributed by atoms with Crippen LogP contribution >= 0.6 is 11.6 Å². The van der Waals surface area contributed by atoms with Crippen LogP contribution in [0.4, 0.5) is 0 Å². The SMILES string of the molecule is CCCCCCOC(=O)CCCC(=O)Oc1cccc(Cl)c1. The van der Waals surface area contributed by atoms with Crippen molar-refractivity contribution in [3.63, 3.8) is 0 Å². The first kappa shape index (κ1) is 18.5. The van der Waals surface area contributed by atoms with Crippen molar-refractivity contribution in [1.29, 1.82) is 0 Å². The molecule has 4 nitrogen and oxygen atoms in total. The lowest BCUT2D eigenvalue weighted by Gasteiger charge is -2.05. The van der Waals surface area contributed by atoms with Crippen molar-refractivity contribution in [3.8, 4) is 5.75 Å². The number of carbonyl (C=O) groups excluding carboxylic acids is 2. The van der Waals surface area contributed by atoms with Crippen LogP contribution in [0.5, 0.6) is 5.75 Å². The summed E-state index contributed by atoms with van der Waals surface area (Å²) in [7, 11) is 0. The predicted octanol–water partition coefficient (Wildman–Crippen LogP) is 4.54. The summed E-state index contributed by atoms with van der Waals surface area (Å²) in [6, 6.07) is 6.65. The minimum atomic E-state index is -0.377. The molecule has 0 N–H and O–H groups in total. The summed E-state index contributed by atoms with van der Waals surface area (Å²) >= 11 is 5.80. The van der Waals surface area contributed by atoms with Gasteiger partial charge in [0.2, 0.25) is 0 Å². The van der Waals surface area contributed by atoms with Gasteiger partial charge in [-0.3, -0.25) is 9.59 Å². The molecule has 5 heteroatoms. The molecule has 0 aromatic heterocycles. The smallest absolute Gasteiger partial charge is 0.311 e. The summed E-state index contributed by atoms with van der Waals surface area (Å²) in [4.78, 5) is 23.1. The summed E-state index contributed by atoms with van der Waals surface area (Å²) < 4.78 is 10.2. The lowest BCUT2D eigenvalue weighted by atomic mass is 10.2. The predicted molar refractivity (Wildman–Crippen MR) is 86.0 cm³/mol. The van der Waals surface area contributed by atoms with E-state index in [1.165, 1.54) is 0 Å². The number of ether oxygens (including phenoxy) is 2. The van der Waals surface area contributed by atoms with Gasteiger partial charge in [-0.15, -0.1) is 0 Å². The molecule has 0 radical (unpaired) electrons. The number of rotatable bonds is 10. The summed E-state index contributed by atoms with van der Waals surface area (Å²) in [5.41, 5.74) is 0. The third-order valence-electron chi connectivity index (χ3n) is 3.05. The van der Waals surface area contributed by atoms with Crippen LogP contribution in [0, 0.1) is 0 Å². The van der Waals surface area contributed by atoms with Gasteiger partial charge in [0.1, 0.15) is 5.75 Å². The molecule has 1 aromatic carbocycles. The fraction of sp³-hybridized carbons (Fsp3) is 0.529. The van der Waals surface area contributed by atoms with Crippen LogP contribution in [0.3, 0.4) is 0 Å². The molecule has 1 aromatic rings. The zero-order valence-electron chi connectivity index (χ0n) is 13.0. The van der Waals surface area contributed by atoms with E-state index in [1.807, 2.05) is 0 Å². The zero-order chi connectivity index (χ0) is 16.2. The maximum Gasteiger partial charge on any atom is 0.311 e. The fourth-order valence-corrected chi connectivity index (χ4v) is 2.06. The van der Waals surface area contributed by atoms with Gasteiger partial charge in [0, 0.05) is 17.9 Å². The third-order valence-corrected chi connectivity index (χ3v) is 3.29. The van der Waals surface area contributed by atoms with E-state index in [-0.39, 0.29) is 24.8 Å². The number of unbranched alkanes of at least 4 members (excludes halogenated alkanes) is 3. The van der Waals surface area contributed by atoms with Crippen LogP contribution in [0.25, 0.3) is 0 Å². The molecular weight excluding hydrogens is 304 g/mol. The third kappa shape index (κ3) is 8.67. The van der Waals surface area contributed by atoms with Crippen LogP contribution in [0.2, 0.25) is 5.02 Å². The molecule has 0 amide bonds. The van der Waals surface area contributed by atoms with Crippen LogP contribution in [0.15, 0.2) is 24.3 Å². The monoisotopic (exact) mass is 326 g/mol. The first-order valence-electron chi connectivity index (χ1n) is 7.73. The number of hydrogen-bond acceptors (Lipinski definition) is 4. The molecule has 1 rings (SSSR count). The van der Waals surface area contributed by atoms with Gasteiger partial charge in [0.15, 0.2) is 0 Å². The van der Waals surface area contributed by atoms with E-state index in [4.69, 9.17) is 21.1 Å². The molecule has 22 heavy (non-hydrogen) atoms. The molecule has 122 valence electrons. The Bertz CT molecular complexity index is 473. The highest BCUT2D eigenvalue weighted by Crippen LogP contribution is 2.17. The Kier molecular flexibility index (Phi) is 9.31. The first-order valence-corrected chi connectivity index (χ1v) is 8.11. The Balaban J connectivity index is 2.10. The maximum atomic E-state index is 11.6. The van der Waals surface area contributed by atoms with Crippen LogP contribution in [-0.4, -0.2) is 18.5 Å². The van der Waals surface area contributed by atoms with Crippen molar-refractivity contribution in [2.75, 3.05) is 6.61 Å². The van der Waals surface area contributed by atoms with Crippen molar-refractivity contribution in [2.24, 2.45) is 0 Å². The molecule has 0 fully saturated rings. The highest BCUT2D eigenvalue weighted by molar-refractivity contribution is 6.30. The van der Waals surface area contributed by atoms with Crippen molar-refractivity contribution >= 4 is 23.5 Å². The van der Waals surface area contributed by atoms with Crippen LogP contribution in [-0.2, 0) is 14.3 Å². The molecule has 0 spiro atoms. The molecule has 0 aliphatic heterocycles. The average molecular weight is 327 g/mol. The van der Waals surface area contributed by atoms with Gasteiger partial charge in [0.25, 0.3) is 0 Å². The molecular formula is C17H23ClO4. The number of carbonyl (C=O) groups is 2. The Morgan fingerprint density at radius 2 is 1.82 bits per heavy atom. The number of halogens is 1.